The van der Waals surface area contributed by atoms with Gasteiger partial charge in [0.15, 0.2) is 5.82 Å². The Morgan fingerprint density at radius 2 is 2.16 bits per heavy atom. The number of nitrogens with one attached hydrogen (secondary N) is 1. The third-order valence-corrected chi connectivity index (χ3v) is 5.42. The lowest BCUT2D eigenvalue weighted by atomic mass is 10.1. The minimum Gasteiger partial charge on any atom is -0.396 e. The number of aliphatic hydroxyl groups excluding tert-OH is 1. The summed E-state index contributed by atoms with van der Waals surface area (Å²) in [5.41, 5.74) is 2.56. The molecule has 0 unspecified atom stereocenters. The molecule has 168 valence electrons. The second-order valence-electron chi connectivity index (χ2n) is 7.82. The lowest BCUT2D eigenvalue weighted by Crippen LogP contribution is -2.34. The van der Waals surface area contributed by atoms with E-state index in [4.69, 9.17) is 4.74 Å². The monoisotopic (exact) mass is 428 g/mol. The first-order valence-electron chi connectivity index (χ1n) is 10.8. The molecule has 2 N–H and O–H groups in total. The summed E-state index contributed by atoms with van der Waals surface area (Å²) >= 11 is 0. The van der Waals surface area contributed by atoms with Crippen LogP contribution in [0.2, 0.25) is 0 Å². The number of aryl methyl sites for hydroxylation is 1. The van der Waals surface area contributed by atoms with E-state index >= 15 is 0 Å². The molecule has 0 bridgehead atoms. The van der Waals surface area contributed by atoms with Gasteiger partial charge in [0.2, 0.25) is 0 Å². The van der Waals surface area contributed by atoms with Crippen LogP contribution in [0, 0.1) is 6.92 Å². The van der Waals surface area contributed by atoms with Crippen LogP contribution in [0.4, 0.5) is 0 Å². The number of benzene rings is 1. The summed E-state index contributed by atoms with van der Waals surface area (Å²) in [4.78, 5) is 18.0. The highest BCUT2D eigenvalue weighted by Gasteiger charge is 2.26. The van der Waals surface area contributed by atoms with Gasteiger partial charge in [-0.3, -0.25) is 9.69 Å². The van der Waals surface area contributed by atoms with E-state index in [2.05, 4.69) is 38.4 Å². The zero-order chi connectivity index (χ0) is 22.2. The summed E-state index contributed by atoms with van der Waals surface area (Å²) in [5.74, 6) is 0.755. The number of aromatic amines is 1. The van der Waals surface area contributed by atoms with E-state index in [1.54, 1.807) is 11.8 Å². The van der Waals surface area contributed by atoms with Crippen LogP contribution in [0.5, 0.6) is 0 Å². The normalized spacial score (nSPS) is 12.7. The first-order valence-corrected chi connectivity index (χ1v) is 10.8. The zero-order valence-electron chi connectivity index (χ0n) is 18.5. The summed E-state index contributed by atoms with van der Waals surface area (Å²) in [7, 11) is 1.65. The van der Waals surface area contributed by atoms with Crippen LogP contribution < -0.4 is 5.56 Å². The zero-order valence-corrected chi connectivity index (χ0v) is 18.5. The van der Waals surface area contributed by atoms with E-state index < -0.39 is 0 Å². The third kappa shape index (κ3) is 5.75. The topological polar surface area (TPSA) is 109 Å². The average molecular weight is 429 g/mol. The summed E-state index contributed by atoms with van der Waals surface area (Å²) < 4.78 is 6.96. The van der Waals surface area contributed by atoms with Crippen molar-refractivity contribution in [2.75, 3.05) is 26.9 Å². The molecule has 2 heterocycles. The van der Waals surface area contributed by atoms with Gasteiger partial charge in [0, 0.05) is 37.9 Å². The Balaban J connectivity index is 1.96. The van der Waals surface area contributed by atoms with Gasteiger partial charge in [-0.2, -0.15) is 0 Å². The molecular weight excluding hydrogens is 396 g/mol. The average Bonchev–Trinajstić information content (AvgIpc) is 3.22. The number of fused-ring (bicyclic) bond motifs is 1. The van der Waals surface area contributed by atoms with Crippen molar-refractivity contribution < 1.29 is 9.84 Å². The summed E-state index contributed by atoms with van der Waals surface area (Å²) in [6.07, 6.45) is 2.37. The lowest BCUT2D eigenvalue weighted by Gasteiger charge is -2.30. The summed E-state index contributed by atoms with van der Waals surface area (Å²) in [6.45, 7) is 6.38. The number of hydrogen-bond donors (Lipinski definition) is 2. The number of H-pyrrole nitrogens is 1. The van der Waals surface area contributed by atoms with Crippen molar-refractivity contribution in [2.45, 2.75) is 52.2 Å². The van der Waals surface area contributed by atoms with E-state index in [0.29, 0.717) is 38.2 Å². The second-order valence-corrected chi connectivity index (χ2v) is 7.82. The maximum absolute atomic E-state index is 12.8. The molecule has 2 aromatic heterocycles. The number of ether oxygens (including phenoxy) is 1. The minimum absolute atomic E-state index is 0.0731. The molecule has 3 rings (SSSR count). The van der Waals surface area contributed by atoms with Crippen LogP contribution in [-0.2, 0) is 17.8 Å². The first kappa shape index (κ1) is 23.1. The Labute approximate surface area is 182 Å². The van der Waals surface area contributed by atoms with Gasteiger partial charge in [0.1, 0.15) is 0 Å². The van der Waals surface area contributed by atoms with Crippen molar-refractivity contribution in [1.82, 2.24) is 30.1 Å². The van der Waals surface area contributed by atoms with Crippen molar-refractivity contribution in [3.8, 4) is 0 Å². The van der Waals surface area contributed by atoms with Crippen LogP contribution >= 0.6 is 0 Å². The van der Waals surface area contributed by atoms with Gasteiger partial charge < -0.3 is 14.8 Å². The van der Waals surface area contributed by atoms with Crippen molar-refractivity contribution in [3.05, 3.63) is 51.6 Å². The van der Waals surface area contributed by atoms with E-state index in [-0.39, 0.29) is 18.2 Å². The molecule has 0 spiro atoms. The Morgan fingerprint density at radius 3 is 2.90 bits per heavy atom. The molecule has 0 aliphatic carbocycles. The van der Waals surface area contributed by atoms with Crippen molar-refractivity contribution in [3.63, 3.8) is 0 Å². The summed E-state index contributed by atoms with van der Waals surface area (Å²) in [6, 6.07) is 7.88. The fourth-order valence-electron chi connectivity index (χ4n) is 3.86. The molecule has 3 aromatic rings. The first-order chi connectivity index (χ1) is 15.1. The van der Waals surface area contributed by atoms with E-state index in [1.807, 2.05) is 25.1 Å². The van der Waals surface area contributed by atoms with Gasteiger partial charge in [0.25, 0.3) is 5.56 Å². The van der Waals surface area contributed by atoms with E-state index in [0.717, 1.165) is 35.1 Å². The van der Waals surface area contributed by atoms with Crippen molar-refractivity contribution in [2.24, 2.45) is 0 Å². The SMILES string of the molecule is CCC[C@H](c1nnnn1CCOC)N(CCCO)Cc1cc2cc(C)ccc2[nH]c1=O. The van der Waals surface area contributed by atoms with Crippen molar-refractivity contribution in [1.29, 1.82) is 0 Å². The molecule has 1 aromatic carbocycles. The molecular formula is C22H32N6O3. The van der Waals surface area contributed by atoms with Gasteiger partial charge in [-0.15, -0.1) is 5.10 Å². The van der Waals surface area contributed by atoms with Gasteiger partial charge in [-0.25, -0.2) is 4.68 Å². The third-order valence-electron chi connectivity index (χ3n) is 5.42. The summed E-state index contributed by atoms with van der Waals surface area (Å²) in [5, 5.41) is 22.8. The Morgan fingerprint density at radius 1 is 1.32 bits per heavy atom. The molecule has 0 saturated heterocycles. The fourth-order valence-corrected chi connectivity index (χ4v) is 3.86. The molecule has 0 aliphatic heterocycles. The van der Waals surface area contributed by atoms with Crippen LogP contribution in [0.15, 0.2) is 29.1 Å². The predicted octanol–water partition coefficient (Wildman–Crippen LogP) is 2.20. The minimum atomic E-state index is -0.0976. The quantitative estimate of drug-likeness (QED) is 0.455. The number of rotatable bonds is 12. The van der Waals surface area contributed by atoms with Gasteiger partial charge in [-0.1, -0.05) is 25.0 Å². The molecule has 0 fully saturated rings. The standard InChI is InChI=1S/C22H32N6O3/c1-4-6-20(21-24-25-26-28(21)10-12-31-3)27(9-5-11-29)15-18-14-17-13-16(2)7-8-19(17)23-22(18)30/h7-8,13-14,20,29H,4-6,9-12,15H2,1-3H3,(H,23,30)/t20-/m1/s1. The van der Waals surface area contributed by atoms with E-state index in [9.17, 15) is 9.90 Å². The fraction of sp³-hybridized carbons (Fsp3) is 0.545. The highest BCUT2D eigenvalue weighted by atomic mass is 16.5. The van der Waals surface area contributed by atoms with Crippen LogP contribution in [0.1, 0.15) is 49.2 Å². The number of hydrogen-bond acceptors (Lipinski definition) is 7. The molecule has 0 aliphatic rings. The Hall–Kier alpha value is -2.62. The number of methoxy groups -OCH3 is 1. The maximum Gasteiger partial charge on any atom is 0.252 e. The maximum atomic E-state index is 12.8. The molecule has 1 atom stereocenters. The largest absolute Gasteiger partial charge is 0.396 e. The van der Waals surface area contributed by atoms with Crippen LogP contribution in [-0.4, -0.2) is 62.1 Å². The molecule has 0 radical (unpaired) electrons. The molecule has 0 saturated carbocycles. The number of pyridine rings is 1. The molecule has 9 heteroatoms. The number of aromatic nitrogens is 5. The van der Waals surface area contributed by atoms with Gasteiger partial charge in [-0.05, 0) is 53.8 Å². The number of aliphatic hydroxyl groups is 1. The lowest BCUT2D eigenvalue weighted by molar-refractivity contribution is 0.141. The van der Waals surface area contributed by atoms with Crippen LogP contribution in [0.25, 0.3) is 10.9 Å². The van der Waals surface area contributed by atoms with Crippen LogP contribution in [0.3, 0.4) is 0 Å². The smallest absolute Gasteiger partial charge is 0.252 e. The molecule has 9 nitrogen and oxygen atoms in total. The predicted molar refractivity (Wildman–Crippen MR) is 119 cm³/mol. The Bertz CT molecular complexity index is 1030. The highest BCUT2D eigenvalue weighted by molar-refractivity contribution is 5.79. The van der Waals surface area contributed by atoms with Gasteiger partial charge >= 0.3 is 0 Å². The highest BCUT2D eigenvalue weighted by Crippen LogP contribution is 2.26. The second kappa shape index (κ2) is 11.1. The van der Waals surface area contributed by atoms with Gasteiger partial charge in [0.05, 0.1) is 19.2 Å². The van der Waals surface area contributed by atoms with E-state index in [1.165, 1.54) is 0 Å². The Kier molecular flexibility index (Phi) is 8.27. The van der Waals surface area contributed by atoms with Crippen molar-refractivity contribution >= 4 is 10.9 Å². The molecule has 31 heavy (non-hydrogen) atoms. The number of nitrogens with zero attached hydrogens (tertiary/aromatic N) is 5. The molecule has 0 amide bonds. The number of tetrazole rings is 1.